The van der Waals surface area contributed by atoms with Crippen molar-refractivity contribution in [2.75, 3.05) is 25.0 Å². The molecule has 3 heterocycles. The summed E-state index contributed by atoms with van der Waals surface area (Å²) in [5.74, 6) is 0.0979. The van der Waals surface area contributed by atoms with Gasteiger partial charge >= 0.3 is 0 Å². The number of carbonyl (C=O) groups excluding carboxylic acids is 2. The van der Waals surface area contributed by atoms with Gasteiger partial charge in [0.1, 0.15) is 6.04 Å². The van der Waals surface area contributed by atoms with Gasteiger partial charge in [-0.15, -0.1) is 0 Å². The average Bonchev–Trinajstić information content (AvgIpc) is 3.41. The number of aromatic nitrogens is 2. The van der Waals surface area contributed by atoms with Crippen LogP contribution in [0.1, 0.15) is 42.4 Å². The molecule has 1 aromatic heterocycles. The third-order valence-corrected chi connectivity index (χ3v) is 5.54. The Morgan fingerprint density at radius 2 is 1.82 bits per heavy atom. The second-order valence-electron chi connectivity index (χ2n) is 7.47. The van der Waals surface area contributed by atoms with Crippen LogP contribution in [-0.4, -0.2) is 57.1 Å². The molecule has 2 amide bonds. The number of likely N-dealkylation sites (tertiary alicyclic amines) is 1. The van der Waals surface area contributed by atoms with Crippen molar-refractivity contribution in [2.24, 2.45) is 0 Å². The van der Waals surface area contributed by atoms with Crippen LogP contribution < -0.4 is 5.32 Å². The van der Waals surface area contributed by atoms with Crippen molar-refractivity contribution in [2.45, 2.75) is 45.3 Å². The normalized spacial score (nSPS) is 17.3. The smallest absolute Gasteiger partial charge is 0.274 e. The first kappa shape index (κ1) is 18.5. The molecule has 1 N–H and O–H groups in total. The molecule has 7 heteroatoms. The summed E-state index contributed by atoms with van der Waals surface area (Å²) in [6.07, 6.45) is 2.84. The maximum Gasteiger partial charge on any atom is 0.274 e. The Bertz CT molecular complexity index is 842. The molecular formula is C21H27N5O2. The molecule has 0 spiro atoms. The largest absolute Gasteiger partial charge is 0.374 e. The lowest BCUT2D eigenvalue weighted by molar-refractivity contribution is -0.133. The van der Waals surface area contributed by atoms with E-state index in [1.54, 1.807) is 0 Å². The molecule has 2 aliphatic heterocycles. The van der Waals surface area contributed by atoms with Gasteiger partial charge in [0.2, 0.25) is 5.91 Å². The molecule has 0 saturated carbocycles. The van der Waals surface area contributed by atoms with E-state index in [-0.39, 0.29) is 17.9 Å². The van der Waals surface area contributed by atoms with E-state index in [0.29, 0.717) is 31.7 Å². The van der Waals surface area contributed by atoms with Gasteiger partial charge in [-0.25, -0.2) is 0 Å². The van der Waals surface area contributed by atoms with E-state index in [1.165, 1.54) is 0 Å². The molecule has 28 heavy (non-hydrogen) atoms. The second-order valence-corrected chi connectivity index (χ2v) is 7.47. The van der Waals surface area contributed by atoms with E-state index >= 15 is 0 Å². The summed E-state index contributed by atoms with van der Waals surface area (Å²) in [7, 11) is 0. The number of nitrogens with zero attached hydrogens (tertiary/aromatic N) is 4. The minimum atomic E-state index is -0.262. The number of nitrogens with one attached hydrogen (secondary N) is 1. The summed E-state index contributed by atoms with van der Waals surface area (Å²) < 4.78 is 1.87. The third kappa shape index (κ3) is 3.74. The number of carbonyl (C=O) groups is 2. The number of para-hydroxylation sites is 1. The molecule has 0 radical (unpaired) electrons. The maximum absolute atomic E-state index is 13.1. The van der Waals surface area contributed by atoms with Crippen molar-refractivity contribution in [3.63, 3.8) is 0 Å². The summed E-state index contributed by atoms with van der Waals surface area (Å²) in [5.41, 5.74) is 2.38. The lowest BCUT2D eigenvalue weighted by Gasteiger charge is -2.31. The fourth-order valence-electron chi connectivity index (χ4n) is 3.94. The molecule has 1 saturated heterocycles. The van der Waals surface area contributed by atoms with E-state index in [1.807, 2.05) is 57.8 Å². The van der Waals surface area contributed by atoms with Gasteiger partial charge in [-0.1, -0.05) is 25.1 Å². The Hall–Kier alpha value is -2.83. The van der Waals surface area contributed by atoms with Crippen LogP contribution in [0.5, 0.6) is 0 Å². The van der Waals surface area contributed by atoms with Gasteiger partial charge in [0.05, 0.1) is 18.8 Å². The van der Waals surface area contributed by atoms with Crippen LogP contribution in [0.25, 0.3) is 0 Å². The molecule has 2 aliphatic rings. The SMILES string of the molecule is CCC(Nc1ccccc1)C(=O)N1CCn2nc(C(=O)N3CCCC3)cc2C1. The molecule has 1 fully saturated rings. The monoisotopic (exact) mass is 381 g/mol. The first-order valence-corrected chi connectivity index (χ1v) is 10.1. The standard InChI is InChI=1S/C21H27N5O2/c1-2-18(22-16-8-4-3-5-9-16)20(27)25-12-13-26-17(15-25)14-19(23-26)21(28)24-10-6-7-11-24/h3-5,8-9,14,18,22H,2,6-7,10-13,15H2,1H3. The molecule has 2 aromatic rings. The molecule has 0 aliphatic carbocycles. The van der Waals surface area contributed by atoms with Crippen LogP contribution in [0.3, 0.4) is 0 Å². The fraction of sp³-hybridized carbons (Fsp3) is 0.476. The molecule has 1 aromatic carbocycles. The lowest BCUT2D eigenvalue weighted by Crippen LogP contribution is -2.46. The Kier molecular flexibility index (Phi) is 5.32. The number of anilines is 1. The van der Waals surface area contributed by atoms with E-state index in [0.717, 1.165) is 37.3 Å². The van der Waals surface area contributed by atoms with Crippen LogP contribution in [0.4, 0.5) is 5.69 Å². The van der Waals surface area contributed by atoms with Gasteiger partial charge < -0.3 is 15.1 Å². The molecule has 148 valence electrons. The summed E-state index contributed by atoms with van der Waals surface area (Å²) in [6.45, 7) is 5.36. The quantitative estimate of drug-likeness (QED) is 0.863. The highest BCUT2D eigenvalue weighted by molar-refractivity contribution is 5.92. The van der Waals surface area contributed by atoms with Gasteiger partial charge in [-0.05, 0) is 37.5 Å². The predicted molar refractivity (Wildman–Crippen MR) is 107 cm³/mol. The van der Waals surface area contributed by atoms with Crippen LogP contribution in [0.2, 0.25) is 0 Å². The van der Waals surface area contributed by atoms with Crippen molar-refractivity contribution >= 4 is 17.5 Å². The summed E-state index contributed by atoms with van der Waals surface area (Å²) >= 11 is 0. The van der Waals surface area contributed by atoms with E-state index in [4.69, 9.17) is 0 Å². The number of fused-ring (bicyclic) bond motifs is 1. The Labute approximate surface area is 165 Å². The molecule has 0 bridgehead atoms. The first-order chi connectivity index (χ1) is 13.7. The number of hydrogen-bond acceptors (Lipinski definition) is 4. The average molecular weight is 381 g/mol. The summed E-state index contributed by atoms with van der Waals surface area (Å²) in [4.78, 5) is 29.4. The van der Waals surface area contributed by atoms with Crippen molar-refractivity contribution in [1.29, 1.82) is 0 Å². The van der Waals surface area contributed by atoms with Crippen LogP contribution in [-0.2, 0) is 17.9 Å². The Balaban J connectivity index is 1.44. The van der Waals surface area contributed by atoms with Crippen molar-refractivity contribution in [3.05, 3.63) is 47.8 Å². The Morgan fingerprint density at radius 1 is 1.07 bits per heavy atom. The zero-order valence-corrected chi connectivity index (χ0v) is 16.3. The minimum absolute atomic E-state index is 0.00876. The van der Waals surface area contributed by atoms with Crippen LogP contribution >= 0.6 is 0 Å². The molecular weight excluding hydrogens is 354 g/mol. The minimum Gasteiger partial charge on any atom is -0.374 e. The molecule has 1 unspecified atom stereocenters. The predicted octanol–water partition coefficient (Wildman–Crippen LogP) is 2.35. The number of amides is 2. The van der Waals surface area contributed by atoms with E-state index in [2.05, 4.69) is 10.4 Å². The van der Waals surface area contributed by atoms with Gasteiger partial charge in [0, 0.05) is 25.3 Å². The zero-order valence-electron chi connectivity index (χ0n) is 16.3. The maximum atomic E-state index is 13.1. The second kappa shape index (κ2) is 8.04. The topological polar surface area (TPSA) is 70.5 Å². The zero-order chi connectivity index (χ0) is 19.5. The van der Waals surface area contributed by atoms with E-state index in [9.17, 15) is 9.59 Å². The van der Waals surface area contributed by atoms with Gasteiger partial charge in [0.25, 0.3) is 5.91 Å². The van der Waals surface area contributed by atoms with Gasteiger partial charge in [-0.2, -0.15) is 5.10 Å². The van der Waals surface area contributed by atoms with Crippen molar-refractivity contribution in [3.8, 4) is 0 Å². The summed E-state index contributed by atoms with van der Waals surface area (Å²) in [5, 5.41) is 7.83. The number of rotatable bonds is 5. The molecule has 1 atom stereocenters. The van der Waals surface area contributed by atoms with Crippen LogP contribution in [0.15, 0.2) is 36.4 Å². The summed E-state index contributed by atoms with van der Waals surface area (Å²) in [6, 6.07) is 11.4. The first-order valence-electron chi connectivity index (χ1n) is 10.1. The van der Waals surface area contributed by atoms with E-state index < -0.39 is 0 Å². The number of benzene rings is 1. The van der Waals surface area contributed by atoms with Gasteiger partial charge in [-0.3, -0.25) is 14.3 Å². The molecule has 7 nitrogen and oxygen atoms in total. The van der Waals surface area contributed by atoms with Gasteiger partial charge in [0.15, 0.2) is 5.69 Å². The van der Waals surface area contributed by atoms with Crippen molar-refractivity contribution in [1.82, 2.24) is 19.6 Å². The highest BCUT2D eigenvalue weighted by atomic mass is 16.2. The number of hydrogen-bond donors (Lipinski definition) is 1. The van der Waals surface area contributed by atoms with Crippen molar-refractivity contribution < 1.29 is 9.59 Å². The lowest BCUT2D eigenvalue weighted by atomic mass is 10.1. The third-order valence-electron chi connectivity index (χ3n) is 5.54. The highest BCUT2D eigenvalue weighted by Crippen LogP contribution is 2.19. The highest BCUT2D eigenvalue weighted by Gasteiger charge is 2.29. The van der Waals surface area contributed by atoms with Crippen LogP contribution in [0, 0.1) is 0 Å². The Morgan fingerprint density at radius 3 is 2.54 bits per heavy atom. The fourth-order valence-corrected chi connectivity index (χ4v) is 3.94. The molecule has 4 rings (SSSR count).